The Kier molecular flexibility index (Phi) is 3.76. The monoisotopic (exact) mass is 226 g/mol. The summed E-state index contributed by atoms with van der Waals surface area (Å²) in [4.78, 5) is 11.6. The molecule has 0 aliphatic carbocycles. The standard InChI is InChI=1S/C11H18N2O3/c1-10(2,3)16-9(14)13-11(4-6-12)5-7-15-8-11/h4-5,7-8H2,1-3H3,(H,13,14). The molecule has 1 aliphatic heterocycles. The lowest BCUT2D eigenvalue weighted by molar-refractivity contribution is 0.0443. The Hall–Kier alpha value is -1.28. The zero-order chi connectivity index (χ0) is 12.2. The topological polar surface area (TPSA) is 71.3 Å². The number of nitrogens with one attached hydrogen (secondary N) is 1. The molecule has 5 heteroatoms. The van der Waals surface area contributed by atoms with E-state index < -0.39 is 17.2 Å². The van der Waals surface area contributed by atoms with Crippen molar-refractivity contribution >= 4 is 6.09 Å². The highest BCUT2D eigenvalue weighted by molar-refractivity contribution is 5.69. The predicted molar refractivity (Wildman–Crippen MR) is 57.8 cm³/mol. The van der Waals surface area contributed by atoms with Gasteiger partial charge in [-0.15, -0.1) is 0 Å². The van der Waals surface area contributed by atoms with Gasteiger partial charge in [-0.1, -0.05) is 0 Å². The second-order valence-corrected chi connectivity index (χ2v) is 5.04. The van der Waals surface area contributed by atoms with Gasteiger partial charge in [0.15, 0.2) is 0 Å². The smallest absolute Gasteiger partial charge is 0.408 e. The summed E-state index contributed by atoms with van der Waals surface area (Å²) in [6.45, 7) is 6.34. The van der Waals surface area contributed by atoms with Crippen LogP contribution in [0.5, 0.6) is 0 Å². The van der Waals surface area contributed by atoms with Gasteiger partial charge in [0.2, 0.25) is 0 Å². The summed E-state index contributed by atoms with van der Waals surface area (Å²) in [5.74, 6) is 0. The number of nitrogens with zero attached hydrogens (tertiary/aromatic N) is 1. The van der Waals surface area contributed by atoms with Crippen molar-refractivity contribution in [2.75, 3.05) is 13.2 Å². The van der Waals surface area contributed by atoms with E-state index in [0.29, 0.717) is 19.6 Å². The van der Waals surface area contributed by atoms with Crippen molar-refractivity contribution in [2.24, 2.45) is 0 Å². The maximum atomic E-state index is 11.6. The molecular weight excluding hydrogens is 208 g/mol. The van der Waals surface area contributed by atoms with Crippen LogP contribution < -0.4 is 5.32 Å². The molecule has 1 saturated heterocycles. The van der Waals surface area contributed by atoms with Crippen LogP contribution in [0.15, 0.2) is 0 Å². The Bertz CT molecular complexity index is 295. The predicted octanol–water partition coefficient (Wildman–Crippen LogP) is 1.58. The number of alkyl carbamates (subject to hydrolysis) is 1. The molecule has 1 rings (SSSR count). The van der Waals surface area contributed by atoms with Crippen molar-refractivity contribution in [3.8, 4) is 6.07 Å². The summed E-state index contributed by atoms with van der Waals surface area (Å²) in [6, 6.07) is 2.07. The fourth-order valence-corrected chi connectivity index (χ4v) is 1.56. The number of hydrogen-bond donors (Lipinski definition) is 1. The molecule has 0 saturated carbocycles. The molecule has 16 heavy (non-hydrogen) atoms. The Labute approximate surface area is 95.7 Å². The molecule has 0 aromatic heterocycles. The quantitative estimate of drug-likeness (QED) is 0.776. The molecule has 5 nitrogen and oxygen atoms in total. The van der Waals surface area contributed by atoms with Crippen LogP contribution in [0.4, 0.5) is 4.79 Å². The normalized spacial score (nSPS) is 24.9. The number of ether oxygens (including phenoxy) is 2. The van der Waals surface area contributed by atoms with Crippen LogP contribution in [0.25, 0.3) is 0 Å². The van der Waals surface area contributed by atoms with Gasteiger partial charge in [0, 0.05) is 6.61 Å². The zero-order valence-electron chi connectivity index (χ0n) is 10.0. The first-order valence-electron chi connectivity index (χ1n) is 5.33. The average Bonchev–Trinajstić information content (AvgIpc) is 2.49. The SMILES string of the molecule is CC(C)(C)OC(=O)NC1(CC#N)CCOC1. The minimum absolute atomic E-state index is 0.242. The van der Waals surface area contributed by atoms with E-state index in [1.807, 2.05) is 0 Å². The van der Waals surface area contributed by atoms with E-state index in [0.717, 1.165) is 0 Å². The molecular formula is C11H18N2O3. The molecule has 0 spiro atoms. The summed E-state index contributed by atoms with van der Waals surface area (Å²) < 4.78 is 10.4. The Morgan fingerprint density at radius 3 is 2.75 bits per heavy atom. The van der Waals surface area contributed by atoms with Gasteiger partial charge in [-0.3, -0.25) is 0 Å². The molecule has 0 radical (unpaired) electrons. The van der Waals surface area contributed by atoms with Crippen molar-refractivity contribution in [3.63, 3.8) is 0 Å². The number of hydrogen-bond acceptors (Lipinski definition) is 4. The lowest BCUT2D eigenvalue weighted by Gasteiger charge is -2.28. The van der Waals surface area contributed by atoms with Gasteiger partial charge >= 0.3 is 6.09 Å². The van der Waals surface area contributed by atoms with Crippen LogP contribution in [0.3, 0.4) is 0 Å². The van der Waals surface area contributed by atoms with Crippen molar-refractivity contribution in [3.05, 3.63) is 0 Å². The third-order valence-corrected chi connectivity index (χ3v) is 2.29. The van der Waals surface area contributed by atoms with Gasteiger partial charge < -0.3 is 14.8 Å². The highest BCUT2D eigenvalue weighted by Crippen LogP contribution is 2.22. The molecule has 1 heterocycles. The summed E-state index contributed by atoms with van der Waals surface area (Å²) in [6.07, 6.45) is 0.403. The van der Waals surface area contributed by atoms with Crippen LogP contribution in [0.2, 0.25) is 0 Å². The number of carbonyl (C=O) groups is 1. The third-order valence-electron chi connectivity index (χ3n) is 2.29. The van der Waals surface area contributed by atoms with Crippen molar-refractivity contribution < 1.29 is 14.3 Å². The minimum atomic E-state index is -0.572. The van der Waals surface area contributed by atoms with Gasteiger partial charge in [-0.2, -0.15) is 5.26 Å². The Morgan fingerprint density at radius 2 is 2.31 bits per heavy atom. The van der Waals surface area contributed by atoms with Crippen LogP contribution in [0, 0.1) is 11.3 Å². The first-order chi connectivity index (χ1) is 7.37. The van der Waals surface area contributed by atoms with E-state index in [1.54, 1.807) is 20.8 Å². The molecule has 1 amide bonds. The lowest BCUT2D eigenvalue weighted by Crippen LogP contribution is -2.50. The third kappa shape index (κ3) is 3.70. The number of amides is 1. The molecule has 90 valence electrons. The highest BCUT2D eigenvalue weighted by Gasteiger charge is 2.37. The van der Waals surface area contributed by atoms with E-state index in [4.69, 9.17) is 14.7 Å². The highest BCUT2D eigenvalue weighted by atomic mass is 16.6. The van der Waals surface area contributed by atoms with Gasteiger partial charge in [-0.25, -0.2) is 4.79 Å². The first-order valence-corrected chi connectivity index (χ1v) is 5.33. The Morgan fingerprint density at radius 1 is 1.62 bits per heavy atom. The first kappa shape index (κ1) is 12.8. The second kappa shape index (κ2) is 4.71. The largest absolute Gasteiger partial charge is 0.444 e. The molecule has 0 bridgehead atoms. The molecule has 0 aromatic carbocycles. The fourth-order valence-electron chi connectivity index (χ4n) is 1.56. The van der Waals surface area contributed by atoms with Crippen LogP contribution >= 0.6 is 0 Å². The second-order valence-electron chi connectivity index (χ2n) is 5.04. The Balaban J connectivity index is 2.56. The van der Waals surface area contributed by atoms with Gasteiger partial charge in [-0.05, 0) is 27.2 Å². The van der Waals surface area contributed by atoms with E-state index in [9.17, 15) is 4.79 Å². The molecule has 1 atom stereocenters. The van der Waals surface area contributed by atoms with Crippen molar-refractivity contribution in [1.82, 2.24) is 5.32 Å². The maximum absolute atomic E-state index is 11.6. The summed E-state index contributed by atoms with van der Waals surface area (Å²) in [5, 5.41) is 11.5. The minimum Gasteiger partial charge on any atom is -0.444 e. The lowest BCUT2D eigenvalue weighted by atomic mass is 9.95. The number of carbonyl (C=O) groups excluding carboxylic acids is 1. The zero-order valence-corrected chi connectivity index (χ0v) is 10.0. The average molecular weight is 226 g/mol. The van der Waals surface area contributed by atoms with E-state index in [-0.39, 0.29) is 6.42 Å². The summed E-state index contributed by atoms with van der Waals surface area (Å²) >= 11 is 0. The maximum Gasteiger partial charge on any atom is 0.408 e. The van der Waals surface area contributed by atoms with Gasteiger partial charge in [0.25, 0.3) is 0 Å². The van der Waals surface area contributed by atoms with Crippen LogP contribution in [-0.4, -0.2) is 30.4 Å². The molecule has 1 fully saturated rings. The summed E-state index contributed by atoms with van der Waals surface area (Å²) in [7, 11) is 0. The number of rotatable bonds is 2. The molecule has 1 aliphatic rings. The van der Waals surface area contributed by atoms with Gasteiger partial charge in [0.05, 0.1) is 24.6 Å². The van der Waals surface area contributed by atoms with E-state index >= 15 is 0 Å². The molecule has 0 aromatic rings. The van der Waals surface area contributed by atoms with Crippen LogP contribution in [0.1, 0.15) is 33.6 Å². The molecule has 1 N–H and O–H groups in total. The fraction of sp³-hybridized carbons (Fsp3) is 0.818. The van der Waals surface area contributed by atoms with E-state index in [2.05, 4.69) is 11.4 Å². The van der Waals surface area contributed by atoms with Gasteiger partial charge in [0.1, 0.15) is 5.60 Å². The molecule has 1 unspecified atom stereocenters. The number of nitriles is 1. The van der Waals surface area contributed by atoms with Crippen molar-refractivity contribution in [1.29, 1.82) is 5.26 Å². The van der Waals surface area contributed by atoms with E-state index in [1.165, 1.54) is 0 Å². The summed E-state index contributed by atoms with van der Waals surface area (Å²) in [5.41, 5.74) is -1.10. The van der Waals surface area contributed by atoms with Crippen molar-refractivity contribution in [2.45, 2.75) is 44.8 Å². The van der Waals surface area contributed by atoms with Crippen LogP contribution in [-0.2, 0) is 9.47 Å².